The van der Waals surface area contributed by atoms with Crippen molar-refractivity contribution in [3.63, 3.8) is 0 Å². The van der Waals surface area contributed by atoms with Crippen molar-refractivity contribution in [2.24, 2.45) is 23.3 Å². The van der Waals surface area contributed by atoms with E-state index < -0.39 is 53.8 Å². The number of hydrogen-bond acceptors (Lipinski definition) is 7. The highest BCUT2D eigenvalue weighted by Crippen LogP contribution is 2.11. The molecular formula is C20H37N5O6S. The van der Waals surface area contributed by atoms with Gasteiger partial charge < -0.3 is 32.5 Å². The fourth-order valence-electron chi connectivity index (χ4n) is 2.81. The summed E-state index contributed by atoms with van der Waals surface area (Å²) in [5, 5.41) is 16.7. The van der Waals surface area contributed by atoms with Crippen molar-refractivity contribution >= 4 is 42.2 Å². The number of hydrogen-bond donors (Lipinski definition) is 7. The fourth-order valence-corrected chi connectivity index (χ4v) is 3.06. The summed E-state index contributed by atoms with van der Waals surface area (Å²) in [5.41, 5.74) is 10.9. The van der Waals surface area contributed by atoms with E-state index in [4.69, 9.17) is 16.6 Å². The lowest BCUT2D eigenvalue weighted by Crippen LogP contribution is -2.59. The van der Waals surface area contributed by atoms with Gasteiger partial charge in [-0.3, -0.25) is 19.2 Å². The van der Waals surface area contributed by atoms with Crippen LogP contribution in [0.5, 0.6) is 0 Å². The Morgan fingerprint density at radius 1 is 0.938 bits per heavy atom. The minimum Gasteiger partial charge on any atom is -0.480 e. The SMILES string of the molecule is CCC(C)C(NC(=O)C(N)CCC(N)=O)C(=O)NC(CC(C)C)C(=O)NC(CS)C(=O)O. The molecule has 0 aromatic carbocycles. The molecule has 0 radical (unpaired) electrons. The first kappa shape index (κ1) is 29.7. The number of carboxylic acid groups (broad SMARTS) is 1. The summed E-state index contributed by atoms with van der Waals surface area (Å²) in [6.45, 7) is 7.31. The Balaban J connectivity index is 5.44. The van der Waals surface area contributed by atoms with Crippen molar-refractivity contribution in [2.75, 3.05) is 5.75 Å². The van der Waals surface area contributed by atoms with E-state index in [0.717, 1.165) is 0 Å². The Kier molecular flexibility index (Phi) is 13.6. The molecule has 32 heavy (non-hydrogen) atoms. The summed E-state index contributed by atoms with van der Waals surface area (Å²) in [5.74, 6) is -4.06. The molecule has 0 aliphatic heterocycles. The molecule has 0 aliphatic carbocycles. The van der Waals surface area contributed by atoms with Gasteiger partial charge in [0.2, 0.25) is 23.6 Å². The summed E-state index contributed by atoms with van der Waals surface area (Å²) >= 11 is 3.93. The van der Waals surface area contributed by atoms with Crippen LogP contribution < -0.4 is 27.4 Å². The van der Waals surface area contributed by atoms with Crippen molar-refractivity contribution in [2.45, 2.75) is 77.5 Å². The van der Waals surface area contributed by atoms with Gasteiger partial charge in [0.05, 0.1) is 6.04 Å². The van der Waals surface area contributed by atoms with Crippen molar-refractivity contribution < 1.29 is 29.1 Å². The molecule has 0 aromatic rings. The van der Waals surface area contributed by atoms with E-state index in [1.54, 1.807) is 6.92 Å². The van der Waals surface area contributed by atoms with Gasteiger partial charge in [-0.05, 0) is 24.7 Å². The van der Waals surface area contributed by atoms with Crippen LogP contribution in [0.3, 0.4) is 0 Å². The first-order valence-electron chi connectivity index (χ1n) is 10.6. The predicted molar refractivity (Wildman–Crippen MR) is 123 cm³/mol. The minimum atomic E-state index is -1.24. The van der Waals surface area contributed by atoms with Crippen LogP contribution in [0.2, 0.25) is 0 Å². The average molecular weight is 476 g/mol. The summed E-state index contributed by atoms with van der Waals surface area (Å²) in [7, 11) is 0. The van der Waals surface area contributed by atoms with Crippen LogP contribution in [0.4, 0.5) is 0 Å². The highest BCUT2D eigenvalue weighted by molar-refractivity contribution is 7.80. The number of nitrogens with one attached hydrogen (secondary N) is 3. The number of primary amides is 1. The first-order chi connectivity index (χ1) is 14.8. The summed E-state index contributed by atoms with van der Waals surface area (Å²) in [6.07, 6.45) is 0.780. The van der Waals surface area contributed by atoms with Crippen LogP contribution >= 0.6 is 12.6 Å². The van der Waals surface area contributed by atoms with Gasteiger partial charge in [0.25, 0.3) is 0 Å². The van der Waals surface area contributed by atoms with Crippen molar-refractivity contribution in [1.82, 2.24) is 16.0 Å². The lowest BCUT2D eigenvalue weighted by atomic mass is 9.96. The Hall–Kier alpha value is -2.34. The number of amides is 4. The van der Waals surface area contributed by atoms with Gasteiger partial charge in [-0.25, -0.2) is 4.79 Å². The van der Waals surface area contributed by atoms with Gasteiger partial charge in [-0.2, -0.15) is 12.6 Å². The monoisotopic (exact) mass is 475 g/mol. The number of carbonyl (C=O) groups excluding carboxylic acids is 4. The normalized spacial score (nSPS) is 15.7. The van der Waals surface area contributed by atoms with Crippen LogP contribution in [0.1, 0.15) is 53.4 Å². The summed E-state index contributed by atoms with van der Waals surface area (Å²) in [4.78, 5) is 60.2. The van der Waals surface area contributed by atoms with Crippen LogP contribution in [0.25, 0.3) is 0 Å². The quantitative estimate of drug-likeness (QED) is 0.150. The molecule has 184 valence electrons. The van der Waals surface area contributed by atoms with Crippen LogP contribution in [-0.4, -0.2) is 64.6 Å². The minimum absolute atomic E-state index is 0.0178. The highest BCUT2D eigenvalue weighted by Gasteiger charge is 2.32. The molecule has 0 saturated carbocycles. The van der Waals surface area contributed by atoms with Gasteiger partial charge in [-0.15, -0.1) is 0 Å². The third kappa shape index (κ3) is 10.8. The van der Waals surface area contributed by atoms with Crippen LogP contribution in [-0.2, 0) is 24.0 Å². The summed E-state index contributed by atoms with van der Waals surface area (Å²) < 4.78 is 0. The second-order valence-corrected chi connectivity index (χ2v) is 8.62. The fraction of sp³-hybridized carbons (Fsp3) is 0.750. The van der Waals surface area contributed by atoms with E-state index in [-0.39, 0.29) is 36.9 Å². The maximum Gasteiger partial charge on any atom is 0.327 e. The van der Waals surface area contributed by atoms with Crippen LogP contribution in [0.15, 0.2) is 0 Å². The molecule has 0 spiro atoms. The summed E-state index contributed by atoms with van der Waals surface area (Å²) in [6, 6.07) is -4.21. The van der Waals surface area contributed by atoms with E-state index in [0.29, 0.717) is 6.42 Å². The molecule has 0 saturated heterocycles. The zero-order valence-corrected chi connectivity index (χ0v) is 20.0. The largest absolute Gasteiger partial charge is 0.480 e. The van der Waals surface area contributed by atoms with Crippen LogP contribution in [0, 0.1) is 11.8 Å². The molecule has 5 unspecified atom stereocenters. The maximum absolute atomic E-state index is 13.0. The number of carbonyl (C=O) groups is 5. The molecule has 0 bridgehead atoms. The number of nitrogens with two attached hydrogens (primary N) is 2. The second-order valence-electron chi connectivity index (χ2n) is 8.26. The molecule has 4 amide bonds. The lowest BCUT2D eigenvalue weighted by molar-refractivity contribution is -0.141. The van der Waals surface area contributed by atoms with Crippen molar-refractivity contribution in [1.29, 1.82) is 0 Å². The van der Waals surface area contributed by atoms with Gasteiger partial charge in [0, 0.05) is 12.2 Å². The second kappa shape index (κ2) is 14.7. The molecule has 12 heteroatoms. The molecule has 0 rings (SSSR count). The van der Waals surface area contributed by atoms with Gasteiger partial charge in [0.1, 0.15) is 18.1 Å². The first-order valence-corrected chi connectivity index (χ1v) is 11.3. The molecule has 0 fully saturated rings. The van der Waals surface area contributed by atoms with Gasteiger partial charge in [-0.1, -0.05) is 34.1 Å². The Labute approximate surface area is 194 Å². The van der Waals surface area contributed by atoms with E-state index in [9.17, 15) is 24.0 Å². The molecular weight excluding hydrogens is 438 g/mol. The zero-order valence-electron chi connectivity index (χ0n) is 19.1. The van der Waals surface area contributed by atoms with Crippen molar-refractivity contribution in [3.05, 3.63) is 0 Å². The van der Waals surface area contributed by atoms with E-state index in [1.165, 1.54) is 0 Å². The molecule has 0 aromatic heterocycles. The zero-order chi connectivity index (χ0) is 25.0. The van der Waals surface area contributed by atoms with E-state index >= 15 is 0 Å². The molecule has 5 atom stereocenters. The van der Waals surface area contributed by atoms with E-state index in [1.807, 2.05) is 20.8 Å². The predicted octanol–water partition coefficient (Wildman–Crippen LogP) is -0.860. The third-order valence-corrected chi connectivity index (χ3v) is 5.33. The number of aliphatic carboxylic acids is 1. The molecule has 0 aliphatic rings. The Morgan fingerprint density at radius 3 is 1.94 bits per heavy atom. The topological polar surface area (TPSA) is 194 Å². The maximum atomic E-state index is 13.0. The molecule has 0 heterocycles. The lowest BCUT2D eigenvalue weighted by Gasteiger charge is -2.28. The highest BCUT2D eigenvalue weighted by atomic mass is 32.1. The van der Waals surface area contributed by atoms with Gasteiger partial charge >= 0.3 is 5.97 Å². The van der Waals surface area contributed by atoms with Crippen molar-refractivity contribution in [3.8, 4) is 0 Å². The molecule has 8 N–H and O–H groups in total. The van der Waals surface area contributed by atoms with Gasteiger partial charge in [0.15, 0.2) is 0 Å². The average Bonchev–Trinajstić information content (AvgIpc) is 2.71. The number of rotatable bonds is 15. The Morgan fingerprint density at radius 2 is 1.50 bits per heavy atom. The number of carboxylic acids is 1. The smallest absolute Gasteiger partial charge is 0.327 e. The van der Waals surface area contributed by atoms with E-state index in [2.05, 4.69) is 28.6 Å². The standard InChI is InChI=1S/C20H37N5O6S/c1-5-11(4)16(25-17(27)12(21)6-7-15(22)26)19(29)23-13(8-10(2)3)18(28)24-14(9-32)20(30)31/h10-14,16,32H,5-9,21H2,1-4H3,(H2,22,26)(H,23,29)(H,24,28)(H,25,27)(H,30,31). The third-order valence-electron chi connectivity index (χ3n) is 4.97. The Bertz CT molecular complexity index is 675. The molecule has 11 nitrogen and oxygen atoms in total. The number of thiol groups is 1.